The fourth-order valence-corrected chi connectivity index (χ4v) is 3.06. The second-order valence-electron chi connectivity index (χ2n) is 5.27. The van der Waals surface area contributed by atoms with E-state index in [2.05, 4.69) is 10.3 Å². The van der Waals surface area contributed by atoms with Crippen LogP contribution in [0, 0.1) is 0 Å². The van der Waals surface area contributed by atoms with E-state index in [-0.39, 0.29) is 0 Å². The second-order valence-corrected chi connectivity index (χ2v) is 5.65. The van der Waals surface area contributed by atoms with Gasteiger partial charge in [0.05, 0.1) is 0 Å². The van der Waals surface area contributed by atoms with Crippen LogP contribution >= 0.6 is 11.6 Å². The molecule has 1 fully saturated rings. The van der Waals surface area contributed by atoms with Crippen molar-refractivity contribution in [3.05, 3.63) is 41.5 Å². The van der Waals surface area contributed by atoms with Crippen LogP contribution in [-0.4, -0.2) is 27.6 Å². The maximum Gasteiger partial charge on any atom is 0.208 e. The minimum Gasteiger partial charge on any atom is -0.428 e. The Bertz CT molecular complexity index is 773. The number of fused-ring (bicyclic) bond motifs is 1. The molecule has 6 heteroatoms. The van der Waals surface area contributed by atoms with Gasteiger partial charge in [-0.3, -0.25) is 0 Å². The zero-order valence-corrected chi connectivity index (χ0v) is 12.2. The highest BCUT2D eigenvalue weighted by molar-refractivity contribution is 6.28. The summed E-state index contributed by atoms with van der Waals surface area (Å²) in [6, 6.07) is 7.48. The molecule has 0 bridgehead atoms. The summed E-state index contributed by atoms with van der Waals surface area (Å²) in [6.45, 7) is 2.00. The second kappa shape index (κ2) is 5.16. The van der Waals surface area contributed by atoms with Crippen LogP contribution in [-0.2, 0) is 0 Å². The number of furan rings is 1. The number of piperidine rings is 1. The van der Waals surface area contributed by atoms with Crippen molar-refractivity contribution in [3.8, 4) is 5.88 Å². The molecule has 5 nitrogen and oxygen atoms in total. The van der Waals surface area contributed by atoms with Crippen LogP contribution in [0.2, 0.25) is 5.22 Å². The predicted octanol–water partition coefficient (Wildman–Crippen LogP) is 3.13. The Balaban J connectivity index is 1.92. The first-order valence-electron chi connectivity index (χ1n) is 7.13. The van der Waals surface area contributed by atoms with Gasteiger partial charge in [-0.1, -0.05) is 0 Å². The number of imidazole rings is 1. The van der Waals surface area contributed by atoms with E-state index in [1.165, 1.54) is 0 Å². The molecule has 0 saturated carbocycles. The van der Waals surface area contributed by atoms with E-state index in [4.69, 9.17) is 21.0 Å². The SMILES string of the molecule is Clc1ccc(-n2c(C3CCCNC3)nc3cccnc32)o1. The van der Waals surface area contributed by atoms with Gasteiger partial charge in [0, 0.05) is 24.7 Å². The lowest BCUT2D eigenvalue weighted by molar-refractivity contribution is 0.436. The summed E-state index contributed by atoms with van der Waals surface area (Å²) in [7, 11) is 0. The Morgan fingerprint density at radius 2 is 2.29 bits per heavy atom. The van der Waals surface area contributed by atoms with Crippen LogP contribution in [0.25, 0.3) is 17.0 Å². The average molecular weight is 303 g/mol. The fraction of sp³-hybridized carbons (Fsp3) is 0.333. The molecule has 0 radical (unpaired) electrons. The lowest BCUT2D eigenvalue weighted by atomic mass is 9.99. The van der Waals surface area contributed by atoms with Crippen LogP contribution in [0.1, 0.15) is 24.6 Å². The predicted molar refractivity (Wildman–Crippen MR) is 81.0 cm³/mol. The maximum absolute atomic E-state index is 5.93. The number of pyridine rings is 1. The Morgan fingerprint density at radius 3 is 3.05 bits per heavy atom. The first kappa shape index (κ1) is 12.9. The number of rotatable bonds is 2. The number of nitrogens with zero attached hydrogens (tertiary/aromatic N) is 3. The zero-order valence-electron chi connectivity index (χ0n) is 11.4. The first-order valence-corrected chi connectivity index (χ1v) is 7.50. The Labute approximate surface area is 126 Å². The van der Waals surface area contributed by atoms with E-state index < -0.39 is 0 Å². The van der Waals surface area contributed by atoms with E-state index in [0.717, 1.165) is 42.9 Å². The highest BCUT2D eigenvalue weighted by Crippen LogP contribution is 2.30. The minimum atomic E-state index is 0.358. The zero-order chi connectivity index (χ0) is 14.2. The van der Waals surface area contributed by atoms with Gasteiger partial charge in [0.2, 0.25) is 5.88 Å². The number of hydrogen-bond donors (Lipinski definition) is 1. The summed E-state index contributed by atoms with van der Waals surface area (Å²) in [5.41, 5.74) is 1.69. The summed E-state index contributed by atoms with van der Waals surface area (Å²) in [6.07, 6.45) is 4.04. The molecular formula is C15H15ClN4O. The molecule has 0 spiro atoms. The average Bonchev–Trinajstić information content (AvgIpc) is 3.11. The van der Waals surface area contributed by atoms with Crippen LogP contribution in [0.3, 0.4) is 0 Å². The molecule has 1 atom stereocenters. The monoisotopic (exact) mass is 302 g/mol. The van der Waals surface area contributed by atoms with Crippen molar-refractivity contribution in [1.82, 2.24) is 19.9 Å². The molecule has 108 valence electrons. The molecule has 3 aromatic heterocycles. The molecule has 21 heavy (non-hydrogen) atoms. The van der Waals surface area contributed by atoms with Gasteiger partial charge in [-0.25, -0.2) is 14.5 Å². The van der Waals surface area contributed by atoms with Gasteiger partial charge in [-0.2, -0.15) is 0 Å². The number of halogens is 1. The van der Waals surface area contributed by atoms with Crippen LogP contribution in [0.15, 0.2) is 34.9 Å². The molecular weight excluding hydrogens is 288 g/mol. The van der Waals surface area contributed by atoms with Crippen molar-refractivity contribution < 1.29 is 4.42 Å². The summed E-state index contributed by atoms with van der Waals surface area (Å²) in [5.74, 6) is 2.01. The van der Waals surface area contributed by atoms with E-state index in [9.17, 15) is 0 Å². The molecule has 4 rings (SSSR count). The fourth-order valence-electron chi connectivity index (χ4n) is 2.92. The van der Waals surface area contributed by atoms with Crippen molar-refractivity contribution >= 4 is 22.8 Å². The lowest BCUT2D eigenvalue weighted by Gasteiger charge is -2.22. The molecule has 1 N–H and O–H groups in total. The third-order valence-corrected chi connectivity index (χ3v) is 4.09. The van der Waals surface area contributed by atoms with Crippen molar-refractivity contribution in [2.24, 2.45) is 0 Å². The van der Waals surface area contributed by atoms with Crippen molar-refractivity contribution in [3.63, 3.8) is 0 Å². The molecule has 1 unspecified atom stereocenters. The van der Waals surface area contributed by atoms with Gasteiger partial charge in [0.1, 0.15) is 11.3 Å². The maximum atomic E-state index is 5.93. The molecule has 4 heterocycles. The number of aromatic nitrogens is 3. The van der Waals surface area contributed by atoms with Crippen molar-refractivity contribution in [1.29, 1.82) is 0 Å². The van der Waals surface area contributed by atoms with E-state index >= 15 is 0 Å². The Hall–Kier alpha value is -1.85. The largest absolute Gasteiger partial charge is 0.428 e. The van der Waals surface area contributed by atoms with Crippen molar-refractivity contribution in [2.75, 3.05) is 13.1 Å². The quantitative estimate of drug-likeness (QED) is 0.790. The first-order chi connectivity index (χ1) is 10.3. The number of nitrogens with one attached hydrogen (secondary N) is 1. The van der Waals surface area contributed by atoms with E-state index in [0.29, 0.717) is 17.0 Å². The standard InChI is InChI=1S/C15H15ClN4O/c16-12-5-6-13(21-12)20-14(10-3-1-7-17-9-10)19-11-4-2-8-18-15(11)20/h2,4-6,8,10,17H,1,3,7,9H2. The number of hydrogen-bond acceptors (Lipinski definition) is 4. The summed E-state index contributed by atoms with van der Waals surface area (Å²) in [4.78, 5) is 9.24. The topological polar surface area (TPSA) is 55.9 Å². The molecule has 1 saturated heterocycles. The normalized spacial score (nSPS) is 19.2. The molecule has 3 aromatic rings. The molecule has 1 aliphatic rings. The van der Waals surface area contributed by atoms with Gasteiger partial charge in [0.15, 0.2) is 10.9 Å². The van der Waals surface area contributed by atoms with Crippen LogP contribution in [0.4, 0.5) is 0 Å². The minimum absolute atomic E-state index is 0.358. The van der Waals surface area contributed by atoms with Gasteiger partial charge in [-0.05, 0) is 49.2 Å². The molecule has 0 amide bonds. The summed E-state index contributed by atoms with van der Waals surface area (Å²) >= 11 is 5.93. The van der Waals surface area contributed by atoms with Crippen molar-refractivity contribution in [2.45, 2.75) is 18.8 Å². The third-order valence-electron chi connectivity index (χ3n) is 3.88. The summed E-state index contributed by atoms with van der Waals surface area (Å²) in [5, 5.41) is 3.80. The third kappa shape index (κ3) is 2.22. The highest BCUT2D eigenvalue weighted by Gasteiger charge is 2.24. The van der Waals surface area contributed by atoms with Gasteiger partial charge < -0.3 is 9.73 Å². The highest BCUT2D eigenvalue weighted by atomic mass is 35.5. The van der Waals surface area contributed by atoms with Crippen LogP contribution < -0.4 is 5.32 Å². The van der Waals surface area contributed by atoms with E-state index in [1.54, 1.807) is 12.3 Å². The lowest BCUT2D eigenvalue weighted by Crippen LogP contribution is -2.29. The Kier molecular flexibility index (Phi) is 3.16. The van der Waals surface area contributed by atoms with Gasteiger partial charge in [0.25, 0.3) is 0 Å². The van der Waals surface area contributed by atoms with Gasteiger partial charge in [-0.15, -0.1) is 0 Å². The van der Waals surface area contributed by atoms with Crippen LogP contribution in [0.5, 0.6) is 0 Å². The molecule has 0 aromatic carbocycles. The van der Waals surface area contributed by atoms with Gasteiger partial charge >= 0.3 is 0 Å². The molecule has 0 aliphatic carbocycles. The molecule has 1 aliphatic heterocycles. The smallest absolute Gasteiger partial charge is 0.208 e. The summed E-state index contributed by atoms with van der Waals surface area (Å²) < 4.78 is 7.58. The van der Waals surface area contributed by atoms with E-state index in [1.807, 2.05) is 22.8 Å². The Morgan fingerprint density at radius 1 is 1.33 bits per heavy atom.